The molecule has 4 heteroatoms. The van der Waals surface area contributed by atoms with Gasteiger partial charge in [-0.15, -0.1) is 0 Å². The molecular weight excluding hydrogens is 258 g/mol. The smallest absolute Gasteiger partial charge is 0.180 e. The Bertz CT molecular complexity index is 567. The van der Waals surface area contributed by atoms with Crippen LogP contribution in [0.25, 0.3) is 0 Å². The van der Waals surface area contributed by atoms with E-state index >= 15 is 0 Å². The minimum atomic E-state index is -3.08. The Morgan fingerprint density at radius 1 is 1.21 bits per heavy atom. The molecule has 3 nitrogen and oxygen atoms in total. The van der Waals surface area contributed by atoms with E-state index in [4.69, 9.17) is 0 Å². The highest BCUT2D eigenvalue weighted by molar-refractivity contribution is 7.91. The normalized spacial score (nSPS) is 33.0. The summed E-state index contributed by atoms with van der Waals surface area (Å²) in [5.74, 6) is 0.969. The van der Waals surface area contributed by atoms with Gasteiger partial charge < -0.3 is 5.32 Å². The van der Waals surface area contributed by atoms with Gasteiger partial charge in [0.1, 0.15) is 0 Å². The lowest BCUT2D eigenvalue weighted by Crippen LogP contribution is -2.37. The molecule has 1 fully saturated rings. The van der Waals surface area contributed by atoms with E-state index in [0.29, 0.717) is 10.9 Å². The van der Waals surface area contributed by atoms with Crippen molar-refractivity contribution in [3.63, 3.8) is 0 Å². The highest BCUT2D eigenvalue weighted by atomic mass is 32.2. The lowest BCUT2D eigenvalue weighted by molar-refractivity contribution is 0.286. The lowest BCUT2D eigenvalue weighted by Gasteiger charge is -2.30. The number of hydrogen-bond acceptors (Lipinski definition) is 3. The van der Waals surface area contributed by atoms with E-state index in [2.05, 4.69) is 12.2 Å². The summed E-state index contributed by atoms with van der Waals surface area (Å²) < 4.78 is 24.3. The van der Waals surface area contributed by atoms with E-state index in [-0.39, 0.29) is 11.8 Å². The highest BCUT2D eigenvalue weighted by Gasteiger charge is 2.35. The first-order valence-corrected chi connectivity index (χ1v) is 8.79. The van der Waals surface area contributed by atoms with Crippen molar-refractivity contribution < 1.29 is 8.42 Å². The second-order valence-corrected chi connectivity index (χ2v) is 8.01. The molecule has 0 radical (unpaired) electrons. The summed E-state index contributed by atoms with van der Waals surface area (Å²) in [5.41, 5.74) is 0.959. The number of rotatable bonds is 2. The van der Waals surface area contributed by atoms with Crippen molar-refractivity contribution in [2.45, 2.75) is 49.6 Å². The van der Waals surface area contributed by atoms with Crippen LogP contribution in [0, 0.1) is 5.92 Å². The third-order valence-electron chi connectivity index (χ3n) is 4.39. The summed E-state index contributed by atoms with van der Waals surface area (Å²) >= 11 is 0. The van der Waals surface area contributed by atoms with Crippen LogP contribution in [-0.4, -0.2) is 20.2 Å². The average Bonchev–Trinajstić information content (AvgIpc) is 2.62. The van der Waals surface area contributed by atoms with Gasteiger partial charge in [0.05, 0.1) is 10.6 Å². The van der Waals surface area contributed by atoms with Crippen LogP contribution in [0.3, 0.4) is 0 Å². The van der Waals surface area contributed by atoms with E-state index in [1.807, 2.05) is 12.1 Å². The molecule has 3 atom stereocenters. The van der Waals surface area contributed by atoms with Gasteiger partial charge in [-0.05, 0) is 30.4 Å². The molecule has 0 aromatic heterocycles. The standard InChI is InChI=1S/C15H21NO2S/c1-11-5-4-6-12(9-11)16-14-10-19(17,18)15-8-3-2-7-13(14)15/h2-3,7-8,11-12,14,16H,4-6,9-10H2,1H3. The number of nitrogens with one attached hydrogen (secondary N) is 1. The average molecular weight is 279 g/mol. The van der Waals surface area contributed by atoms with Gasteiger partial charge in [0.25, 0.3) is 0 Å². The zero-order valence-electron chi connectivity index (χ0n) is 11.3. The largest absolute Gasteiger partial charge is 0.306 e. The number of benzene rings is 1. The Balaban J connectivity index is 1.80. The van der Waals surface area contributed by atoms with Crippen LogP contribution < -0.4 is 5.32 Å². The number of sulfone groups is 1. The summed E-state index contributed by atoms with van der Waals surface area (Å²) in [5, 5.41) is 3.58. The first-order valence-electron chi connectivity index (χ1n) is 7.14. The van der Waals surface area contributed by atoms with Crippen molar-refractivity contribution in [3.8, 4) is 0 Å². The molecule has 0 bridgehead atoms. The molecule has 3 unspecified atom stereocenters. The Labute approximate surface area is 115 Å². The third-order valence-corrected chi connectivity index (χ3v) is 6.20. The van der Waals surface area contributed by atoms with Crippen molar-refractivity contribution in [1.29, 1.82) is 0 Å². The maximum Gasteiger partial charge on any atom is 0.180 e. The molecule has 0 saturated heterocycles. The van der Waals surface area contributed by atoms with E-state index in [1.165, 1.54) is 25.7 Å². The molecule has 104 valence electrons. The van der Waals surface area contributed by atoms with Crippen molar-refractivity contribution >= 4 is 9.84 Å². The number of hydrogen-bond donors (Lipinski definition) is 1. The van der Waals surface area contributed by atoms with E-state index in [1.54, 1.807) is 12.1 Å². The van der Waals surface area contributed by atoms with Crippen LogP contribution in [-0.2, 0) is 9.84 Å². The summed E-state index contributed by atoms with van der Waals surface area (Å²) in [4.78, 5) is 0.524. The van der Waals surface area contributed by atoms with E-state index in [0.717, 1.165) is 11.5 Å². The van der Waals surface area contributed by atoms with Crippen LogP contribution in [0.5, 0.6) is 0 Å². The topological polar surface area (TPSA) is 46.2 Å². The van der Waals surface area contributed by atoms with Crippen LogP contribution >= 0.6 is 0 Å². The summed E-state index contributed by atoms with van der Waals surface area (Å²) in [6.45, 7) is 2.28. The van der Waals surface area contributed by atoms with Gasteiger partial charge in [-0.3, -0.25) is 0 Å². The first-order chi connectivity index (χ1) is 9.06. The van der Waals surface area contributed by atoms with Gasteiger partial charge in [-0.1, -0.05) is 38.0 Å². The van der Waals surface area contributed by atoms with Gasteiger partial charge >= 0.3 is 0 Å². The minimum absolute atomic E-state index is 0.0171. The fourth-order valence-electron chi connectivity index (χ4n) is 3.46. The molecule has 1 saturated carbocycles. The Hall–Kier alpha value is -0.870. The predicted molar refractivity (Wildman–Crippen MR) is 75.8 cm³/mol. The number of fused-ring (bicyclic) bond motifs is 1. The van der Waals surface area contributed by atoms with Crippen LogP contribution in [0.4, 0.5) is 0 Å². The molecule has 1 aromatic carbocycles. The molecule has 1 heterocycles. The van der Waals surface area contributed by atoms with Gasteiger partial charge in [-0.25, -0.2) is 8.42 Å². The van der Waals surface area contributed by atoms with Gasteiger partial charge in [0, 0.05) is 12.1 Å². The second kappa shape index (κ2) is 4.91. The zero-order valence-corrected chi connectivity index (χ0v) is 12.1. The van der Waals surface area contributed by atoms with E-state index in [9.17, 15) is 8.42 Å². The van der Waals surface area contributed by atoms with Crippen molar-refractivity contribution in [1.82, 2.24) is 5.32 Å². The quantitative estimate of drug-likeness (QED) is 0.905. The SMILES string of the molecule is CC1CCCC(NC2CS(=O)(=O)c3ccccc32)C1. The molecule has 19 heavy (non-hydrogen) atoms. The van der Waals surface area contributed by atoms with E-state index < -0.39 is 9.84 Å². The molecule has 3 rings (SSSR count). The molecule has 0 spiro atoms. The Morgan fingerprint density at radius 3 is 2.79 bits per heavy atom. The fourth-order valence-corrected chi connectivity index (χ4v) is 5.21. The van der Waals surface area contributed by atoms with Gasteiger partial charge in [0.15, 0.2) is 9.84 Å². The molecule has 0 amide bonds. The van der Waals surface area contributed by atoms with Crippen molar-refractivity contribution in [2.24, 2.45) is 5.92 Å². The van der Waals surface area contributed by atoms with Gasteiger partial charge in [0.2, 0.25) is 0 Å². The second-order valence-electron chi connectivity index (χ2n) is 6.01. The van der Waals surface area contributed by atoms with Crippen LogP contribution in [0.2, 0.25) is 0 Å². The zero-order chi connectivity index (χ0) is 13.5. The lowest BCUT2D eigenvalue weighted by atomic mass is 9.86. The first kappa shape index (κ1) is 13.1. The molecule has 2 aliphatic rings. The molecule has 1 aliphatic carbocycles. The van der Waals surface area contributed by atoms with Crippen molar-refractivity contribution in [2.75, 3.05) is 5.75 Å². The minimum Gasteiger partial charge on any atom is -0.306 e. The Kier molecular flexibility index (Phi) is 3.39. The molecular formula is C15H21NO2S. The Morgan fingerprint density at radius 2 is 2.00 bits per heavy atom. The third kappa shape index (κ3) is 2.56. The molecule has 1 N–H and O–H groups in total. The predicted octanol–water partition coefficient (Wildman–Crippen LogP) is 2.68. The fraction of sp³-hybridized carbons (Fsp3) is 0.600. The summed E-state index contributed by atoms with van der Waals surface area (Å²) in [6, 6.07) is 7.87. The maximum absolute atomic E-state index is 12.1. The van der Waals surface area contributed by atoms with Crippen LogP contribution in [0.1, 0.15) is 44.2 Å². The van der Waals surface area contributed by atoms with Gasteiger partial charge in [-0.2, -0.15) is 0 Å². The monoisotopic (exact) mass is 279 g/mol. The highest BCUT2D eigenvalue weighted by Crippen LogP contribution is 2.34. The van der Waals surface area contributed by atoms with Crippen molar-refractivity contribution in [3.05, 3.63) is 29.8 Å². The molecule has 1 aromatic rings. The summed E-state index contributed by atoms with van der Waals surface area (Å²) in [6.07, 6.45) is 4.89. The molecule has 1 aliphatic heterocycles. The summed E-state index contributed by atoms with van der Waals surface area (Å²) in [7, 11) is -3.08. The van der Waals surface area contributed by atoms with Crippen LogP contribution in [0.15, 0.2) is 29.2 Å². The maximum atomic E-state index is 12.1.